The van der Waals surface area contributed by atoms with Crippen LogP contribution in [0.2, 0.25) is 5.15 Å². The lowest BCUT2D eigenvalue weighted by atomic mass is 9.94. The average molecular weight is 297 g/mol. The normalized spacial score (nSPS) is 17.4. The van der Waals surface area contributed by atoms with Gasteiger partial charge in [-0.15, -0.1) is 0 Å². The largest absolute Gasteiger partial charge is 0.370 e. The molecule has 1 aliphatic heterocycles. The number of nitrogens with zero attached hydrogens (tertiary/aromatic N) is 3. The minimum absolute atomic E-state index is 0.533. The Morgan fingerprint density at radius 1 is 1.35 bits per heavy atom. The second-order valence-electron chi connectivity index (χ2n) is 5.70. The minimum atomic E-state index is 0.533. The maximum atomic E-state index is 6.03. The predicted octanol–water partition coefficient (Wildman–Crippen LogP) is 3.23. The molecule has 0 radical (unpaired) electrons. The number of hydrogen-bond acceptors (Lipinski definition) is 4. The molecule has 0 atom stereocenters. The highest BCUT2D eigenvalue weighted by molar-refractivity contribution is 6.29. The van der Waals surface area contributed by atoms with Crippen LogP contribution >= 0.6 is 11.6 Å². The summed E-state index contributed by atoms with van der Waals surface area (Å²) in [6.45, 7) is 5.54. The van der Waals surface area contributed by atoms with Crippen molar-refractivity contribution in [2.24, 2.45) is 5.92 Å². The summed E-state index contributed by atoms with van der Waals surface area (Å²) in [4.78, 5) is 11.1. The molecular weight excluding hydrogens is 272 g/mol. The number of aryl methyl sites for hydroxylation is 1. The fraction of sp³-hybridized carbons (Fsp3) is 0.733. The lowest BCUT2D eigenvalue weighted by molar-refractivity contribution is 0.215. The van der Waals surface area contributed by atoms with E-state index in [1.54, 1.807) is 0 Å². The van der Waals surface area contributed by atoms with Gasteiger partial charge in [0.2, 0.25) is 0 Å². The third-order valence-corrected chi connectivity index (χ3v) is 4.11. The molecule has 1 aromatic rings. The van der Waals surface area contributed by atoms with Crippen LogP contribution in [-0.4, -0.2) is 41.5 Å². The average Bonchev–Trinajstić information content (AvgIpc) is 2.41. The van der Waals surface area contributed by atoms with Gasteiger partial charge in [-0.1, -0.05) is 18.5 Å². The minimum Gasteiger partial charge on any atom is -0.370 e. The number of halogens is 1. The molecule has 1 aliphatic rings. The molecule has 0 aromatic carbocycles. The van der Waals surface area contributed by atoms with Gasteiger partial charge in [0.05, 0.1) is 0 Å². The number of aromatic nitrogens is 2. The molecule has 0 amide bonds. The standard InChI is InChI=1S/C15H25ClN4/c1-3-4-14-18-13(16)11-15(19-14)17-8-5-12-6-9-20(2)10-7-12/h11-12H,3-10H2,1-2H3,(H,17,18,19). The third-order valence-electron chi connectivity index (χ3n) is 3.91. The monoisotopic (exact) mass is 296 g/mol. The zero-order valence-corrected chi connectivity index (χ0v) is 13.3. The van der Waals surface area contributed by atoms with Crippen LogP contribution in [0.15, 0.2) is 6.07 Å². The van der Waals surface area contributed by atoms with Crippen molar-refractivity contribution in [1.29, 1.82) is 0 Å². The van der Waals surface area contributed by atoms with E-state index in [1.807, 2.05) is 6.07 Å². The van der Waals surface area contributed by atoms with Gasteiger partial charge in [-0.25, -0.2) is 9.97 Å². The molecule has 1 N–H and O–H groups in total. The van der Waals surface area contributed by atoms with Crippen molar-refractivity contribution >= 4 is 17.4 Å². The van der Waals surface area contributed by atoms with E-state index in [-0.39, 0.29) is 0 Å². The molecular formula is C15H25ClN4. The predicted molar refractivity (Wildman–Crippen MR) is 84.4 cm³/mol. The highest BCUT2D eigenvalue weighted by atomic mass is 35.5. The zero-order valence-electron chi connectivity index (χ0n) is 12.5. The van der Waals surface area contributed by atoms with Crippen LogP contribution in [0, 0.1) is 5.92 Å². The summed E-state index contributed by atoms with van der Waals surface area (Å²) in [6.07, 6.45) is 5.74. The van der Waals surface area contributed by atoms with Gasteiger partial charge in [-0.2, -0.15) is 0 Å². The fourth-order valence-corrected chi connectivity index (χ4v) is 2.85. The van der Waals surface area contributed by atoms with Crippen LogP contribution in [0.25, 0.3) is 0 Å². The van der Waals surface area contributed by atoms with E-state index in [0.29, 0.717) is 5.15 Å². The molecule has 0 saturated carbocycles. The maximum Gasteiger partial charge on any atom is 0.134 e. The van der Waals surface area contributed by atoms with E-state index in [2.05, 4.69) is 34.2 Å². The highest BCUT2D eigenvalue weighted by Gasteiger charge is 2.16. The summed E-state index contributed by atoms with van der Waals surface area (Å²) in [6, 6.07) is 1.81. The number of rotatable bonds is 6. The van der Waals surface area contributed by atoms with Crippen molar-refractivity contribution < 1.29 is 0 Å². The van der Waals surface area contributed by atoms with Crippen LogP contribution in [0.3, 0.4) is 0 Å². The molecule has 1 saturated heterocycles. The van der Waals surface area contributed by atoms with E-state index in [0.717, 1.165) is 36.9 Å². The zero-order chi connectivity index (χ0) is 14.4. The van der Waals surface area contributed by atoms with Gasteiger partial charge in [0.1, 0.15) is 16.8 Å². The Bertz CT molecular complexity index is 416. The van der Waals surface area contributed by atoms with Crippen molar-refractivity contribution in [1.82, 2.24) is 14.9 Å². The van der Waals surface area contributed by atoms with E-state index in [4.69, 9.17) is 11.6 Å². The molecule has 1 fully saturated rings. The SMILES string of the molecule is CCCc1nc(Cl)cc(NCCC2CCN(C)CC2)n1. The van der Waals surface area contributed by atoms with E-state index in [9.17, 15) is 0 Å². The topological polar surface area (TPSA) is 41.1 Å². The van der Waals surface area contributed by atoms with E-state index < -0.39 is 0 Å². The van der Waals surface area contributed by atoms with Gasteiger partial charge < -0.3 is 10.2 Å². The number of piperidine rings is 1. The summed E-state index contributed by atoms with van der Waals surface area (Å²) in [5.74, 6) is 2.54. The second-order valence-corrected chi connectivity index (χ2v) is 6.09. The van der Waals surface area contributed by atoms with E-state index >= 15 is 0 Å². The molecule has 0 spiro atoms. The van der Waals surface area contributed by atoms with Gasteiger partial charge in [0.25, 0.3) is 0 Å². The van der Waals surface area contributed by atoms with Gasteiger partial charge >= 0.3 is 0 Å². The first-order valence-corrected chi connectivity index (χ1v) is 8.01. The van der Waals surface area contributed by atoms with Crippen LogP contribution in [-0.2, 0) is 6.42 Å². The van der Waals surface area contributed by atoms with Gasteiger partial charge in [0, 0.05) is 19.0 Å². The Morgan fingerprint density at radius 2 is 2.10 bits per heavy atom. The number of nitrogens with one attached hydrogen (secondary N) is 1. The van der Waals surface area contributed by atoms with Crippen LogP contribution in [0.5, 0.6) is 0 Å². The number of hydrogen-bond donors (Lipinski definition) is 1. The van der Waals surface area contributed by atoms with E-state index in [1.165, 1.54) is 32.4 Å². The lowest BCUT2D eigenvalue weighted by Crippen LogP contribution is -2.30. The summed E-state index contributed by atoms with van der Waals surface area (Å²) in [5.41, 5.74) is 0. The summed E-state index contributed by atoms with van der Waals surface area (Å²) in [7, 11) is 2.20. The third kappa shape index (κ3) is 4.91. The first-order valence-electron chi connectivity index (χ1n) is 7.63. The fourth-order valence-electron chi connectivity index (χ4n) is 2.65. The van der Waals surface area contributed by atoms with Crippen LogP contribution in [0.1, 0.15) is 38.4 Å². The molecule has 0 unspecified atom stereocenters. The Morgan fingerprint density at radius 3 is 2.80 bits per heavy atom. The first kappa shape index (κ1) is 15.5. The quantitative estimate of drug-likeness (QED) is 0.818. The van der Waals surface area contributed by atoms with Crippen molar-refractivity contribution in [2.75, 3.05) is 32.0 Å². The Labute approximate surface area is 126 Å². The molecule has 0 aliphatic carbocycles. The summed E-state index contributed by atoms with van der Waals surface area (Å²) < 4.78 is 0. The van der Waals surface area contributed by atoms with Crippen LogP contribution in [0.4, 0.5) is 5.82 Å². The highest BCUT2D eigenvalue weighted by Crippen LogP contribution is 2.20. The summed E-state index contributed by atoms with van der Waals surface area (Å²) >= 11 is 6.03. The smallest absolute Gasteiger partial charge is 0.134 e. The second kappa shape index (κ2) is 7.79. The molecule has 20 heavy (non-hydrogen) atoms. The Balaban J connectivity index is 1.78. The first-order chi connectivity index (χ1) is 9.67. The Hall–Kier alpha value is -0.870. The van der Waals surface area contributed by atoms with Gasteiger partial charge in [-0.3, -0.25) is 0 Å². The molecule has 112 valence electrons. The van der Waals surface area contributed by atoms with Gasteiger partial charge in [0.15, 0.2) is 0 Å². The summed E-state index contributed by atoms with van der Waals surface area (Å²) in [5, 5.41) is 3.93. The van der Waals surface area contributed by atoms with Crippen molar-refractivity contribution in [3.05, 3.63) is 17.0 Å². The van der Waals surface area contributed by atoms with Crippen molar-refractivity contribution in [2.45, 2.75) is 39.0 Å². The molecule has 1 aromatic heterocycles. The van der Waals surface area contributed by atoms with Crippen molar-refractivity contribution in [3.63, 3.8) is 0 Å². The Kier molecular flexibility index (Phi) is 6.05. The molecule has 0 bridgehead atoms. The molecule has 2 rings (SSSR count). The molecule has 5 heteroatoms. The number of likely N-dealkylation sites (tertiary alicyclic amines) is 1. The molecule has 2 heterocycles. The van der Waals surface area contributed by atoms with Crippen molar-refractivity contribution in [3.8, 4) is 0 Å². The van der Waals surface area contributed by atoms with Gasteiger partial charge in [-0.05, 0) is 51.7 Å². The maximum absolute atomic E-state index is 6.03. The van der Waals surface area contributed by atoms with Crippen LogP contribution < -0.4 is 5.32 Å². The molecule has 4 nitrogen and oxygen atoms in total. The lowest BCUT2D eigenvalue weighted by Gasteiger charge is -2.28. The number of anilines is 1.